The molecule has 0 fully saturated rings. The summed E-state index contributed by atoms with van der Waals surface area (Å²) >= 11 is -2.27. The van der Waals surface area contributed by atoms with Gasteiger partial charge in [-0.15, -0.1) is 0 Å². The second-order valence-corrected chi connectivity index (χ2v) is 37.8. The molecule has 0 heterocycles. The Bertz CT molecular complexity index is 1110. The fourth-order valence-electron chi connectivity index (χ4n) is 10.1. The van der Waals surface area contributed by atoms with Gasteiger partial charge in [0.15, 0.2) is 0 Å². The first-order valence-corrected chi connectivity index (χ1v) is 29.1. The van der Waals surface area contributed by atoms with Gasteiger partial charge in [0.2, 0.25) is 0 Å². The van der Waals surface area contributed by atoms with Crippen LogP contribution in [0.15, 0.2) is 45.0 Å². The number of rotatable bonds is 11. The fourth-order valence-corrected chi connectivity index (χ4v) is 34.9. The van der Waals surface area contributed by atoms with Crippen molar-refractivity contribution >= 4 is 26.9 Å². The molecule has 0 aromatic heterocycles. The van der Waals surface area contributed by atoms with Gasteiger partial charge >= 0.3 is 277 Å². The third-order valence-corrected chi connectivity index (χ3v) is 34.0. The van der Waals surface area contributed by atoms with E-state index in [9.17, 15) is 0 Å². The second-order valence-electron chi connectivity index (χ2n) is 17.0. The van der Waals surface area contributed by atoms with Gasteiger partial charge in [-0.2, -0.15) is 0 Å². The van der Waals surface area contributed by atoms with Crippen molar-refractivity contribution in [3.05, 3.63) is 45.0 Å². The van der Waals surface area contributed by atoms with Gasteiger partial charge in [0.1, 0.15) is 0 Å². The molecule has 4 aliphatic rings. The molecule has 0 aromatic carbocycles. The third kappa shape index (κ3) is 7.03. The van der Waals surface area contributed by atoms with E-state index in [4.69, 9.17) is 8.85 Å². The zero-order valence-electron chi connectivity index (χ0n) is 30.9. The summed E-state index contributed by atoms with van der Waals surface area (Å²) in [7, 11) is 1.56. The molecule has 2 nitrogen and oxygen atoms in total. The summed E-state index contributed by atoms with van der Waals surface area (Å²) in [4.78, 5) is 0. The molecular formula is C36H65Cl2O2Si3Zr. The van der Waals surface area contributed by atoms with Crippen molar-refractivity contribution in [3.8, 4) is 0 Å². The fraction of sp³-hybridized carbons (Fsp3) is 0.778. The van der Waals surface area contributed by atoms with E-state index in [0.717, 1.165) is 21.0 Å². The first-order valence-electron chi connectivity index (χ1n) is 17.4. The minimum atomic E-state index is -2.27. The van der Waals surface area contributed by atoms with E-state index in [1.807, 2.05) is 11.1 Å². The SMILES string of the molecule is CCCC(C)(C)C1=C(O[SiH3])C2=C(CCCC2(C)C)[CH]1[Zr+2]([CH]1C2=C(C(O[SiH3])=C1C(C)(C)CCC)C(C)(C)CCC2)[SiH](C)C.[Cl-].[Cl-]. The van der Waals surface area contributed by atoms with Crippen LogP contribution < -0.4 is 24.8 Å². The Labute approximate surface area is 299 Å². The van der Waals surface area contributed by atoms with E-state index in [0.29, 0.717) is 7.25 Å². The maximum absolute atomic E-state index is 6.76. The van der Waals surface area contributed by atoms with Crippen molar-refractivity contribution in [3.63, 3.8) is 0 Å². The van der Waals surface area contributed by atoms with Gasteiger partial charge in [-0.3, -0.25) is 0 Å². The van der Waals surface area contributed by atoms with Crippen molar-refractivity contribution in [2.45, 2.75) is 154 Å². The number of hydrogen-bond donors (Lipinski definition) is 0. The van der Waals surface area contributed by atoms with Crippen molar-refractivity contribution in [2.75, 3.05) is 0 Å². The average molecular weight is 776 g/mol. The van der Waals surface area contributed by atoms with E-state index in [-0.39, 0.29) is 46.5 Å². The first kappa shape index (κ1) is 40.8. The Hall–Kier alpha value is 0.674. The monoisotopic (exact) mass is 773 g/mol. The van der Waals surface area contributed by atoms with Crippen LogP contribution in [-0.4, -0.2) is 26.9 Å². The maximum atomic E-state index is 6.76. The Morgan fingerprint density at radius 3 is 1.34 bits per heavy atom. The van der Waals surface area contributed by atoms with Crippen LogP contribution in [0.3, 0.4) is 0 Å². The first-order chi connectivity index (χ1) is 19.5. The van der Waals surface area contributed by atoms with Crippen LogP contribution in [0.2, 0.25) is 20.3 Å². The minimum Gasteiger partial charge on any atom is -1.00 e. The molecule has 0 aliphatic heterocycles. The molecule has 0 saturated heterocycles. The zero-order valence-corrected chi connectivity index (χ0v) is 40.0. The van der Waals surface area contributed by atoms with Gasteiger partial charge in [-0.05, 0) is 0 Å². The maximum Gasteiger partial charge on any atom is -1.00 e. The minimum absolute atomic E-state index is 0. The Balaban J connectivity index is 0.00000337. The summed E-state index contributed by atoms with van der Waals surface area (Å²) in [6.07, 6.45) is 12.9. The van der Waals surface area contributed by atoms with Crippen molar-refractivity contribution in [2.24, 2.45) is 21.7 Å². The second kappa shape index (κ2) is 15.1. The standard InChI is InChI=1S/2C17H29OSi.C2H7Si.2ClH.Zr/c2*1-6-9-16(2,3)13-11-12-8-7-10-17(4,5)14(12)15(13)18-19;1-3-2;;;/h2*11H,6-10H2,1-5,19H3;3H,1-2H3;2*1H;/q;;;;;+2/p-2. The third-order valence-electron chi connectivity index (χ3n) is 11.7. The van der Waals surface area contributed by atoms with Crippen LogP contribution in [0.1, 0.15) is 133 Å². The average Bonchev–Trinajstić information content (AvgIpc) is 3.40. The summed E-state index contributed by atoms with van der Waals surface area (Å²) in [5.41, 5.74) is 11.5. The number of halogens is 2. The van der Waals surface area contributed by atoms with E-state index >= 15 is 0 Å². The summed E-state index contributed by atoms with van der Waals surface area (Å²) in [5, 5.41) is 0. The van der Waals surface area contributed by atoms with Crippen LogP contribution in [0.25, 0.3) is 0 Å². The van der Waals surface area contributed by atoms with Gasteiger partial charge in [0.25, 0.3) is 0 Å². The molecule has 0 radical (unpaired) electrons. The normalized spacial score (nSPS) is 24.8. The zero-order chi connectivity index (χ0) is 31.4. The molecule has 0 amide bonds. The van der Waals surface area contributed by atoms with Gasteiger partial charge < -0.3 is 24.8 Å². The summed E-state index contributed by atoms with van der Waals surface area (Å²) in [6, 6.07) is 0. The summed E-state index contributed by atoms with van der Waals surface area (Å²) < 4.78 is 15.0. The molecule has 44 heavy (non-hydrogen) atoms. The van der Waals surface area contributed by atoms with Crippen LogP contribution >= 0.6 is 0 Å². The van der Waals surface area contributed by atoms with Gasteiger partial charge in [-0.25, -0.2) is 0 Å². The molecule has 4 aliphatic carbocycles. The van der Waals surface area contributed by atoms with E-state index in [2.05, 4.69) is 82.3 Å². The molecule has 8 heteroatoms. The van der Waals surface area contributed by atoms with E-state index in [1.54, 1.807) is 22.3 Å². The number of hydrogen-bond acceptors (Lipinski definition) is 2. The Morgan fingerprint density at radius 2 is 1.07 bits per heavy atom. The largest absolute Gasteiger partial charge is 1.00 e. The quantitative estimate of drug-likeness (QED) is 0.301. The topological polar surface area (TPSA) is 18.5 Å². The van der Waals surface area contributed by atoms with Crippen LogP contribution in [0.4, 0.5) is 0 Å². The van der Waals surface area contributed by atoms with Crippen LogP contribution in [0.5, 0.6) is 0 Å². The number of allylic oxidation sites excluding steroid dienone is 6. The molecule has 2 atom stereocenters. The van der Waals surface area contributed by atoms with Crippen LogP contribution in [-0.2, 0) is 29.8 Å². The molecule has 0 bridgehead atoms. The predicted molar refractivity (Wildman–Crippen MR) is 189 cm³/mol. The van der Waals surface area contributed by atoms with E-state index < -0.39 is 26.8 Å². The molecule has 251 valence electrons. The van der Waals surface area contributed by atoms with Crippen molar-refractivity contribution < 1.29 is 54.6 Å². The molecule has 0 saturated carbocycles. The Morgan fingerprint density at radius 1 is 0.727 bits per heavy atom. The molecule has 0 aromatic rings. The van der Waals surface area contributed by atoms with E-state index in [1.165, 1.54) is 75.7 Å². The summed E-state index contributed by atoms with van der Waals surface area (Å²) in [6.45, 7) is 30.8. The molecule has 0 spiro atoms. The summed E-state index contributed by atoms with van der Waals surface area (Å²) in [5.74, 6) is 1.81. The molecular weight excluding hydrogens is 711 g/mol. The van der Waals surface area contributed by atoms with Crippen molar-refractivity contribution in [1.29, 1.82) is 0 Å². The van der Waals surface area contributed by atoms with Gasteiger partial charge in [-0.1, -0.05) is 0 Å². The van der Waals surface area contributed by atoms with Gasteiger partial charge in [0.05, 0.1) is 0 Å². The van der Waals surface area contributed by atoms with Crippen LogP contribution in [0, 0.1) is 21.7 Å². The molecule has 0 N–H and O–H groups in total. The molecule has 4 rings (SSSR count). The Kier molecular flexibility index (Phi) is 14.0. The predicted octanol–water partition coefficient (Wildman–Crippen LogP) is 2.97. The smallest absolute Gasteiger partial charge is 1.00 e. The van der Waals surface area contributed by atoms with Crippen molar-refractivity contribution in [1.82, 2.24) is 0 Å². The van der Waals surface area contributed by atoms with Gasteiger partial charge in [0, 0.05) is 0 Å². The molecule has 2 unspecified atom stereocenters.